The van der Waals surface area contributed by atoms with Crippen LogP contribution < -0.4 is 5.32 Å². The van der Waals surface area contributed by atoms with Gasteiger partial charge in [0, 0.05) is 7.05 Å². The van der Waals surface area contributed by atoms with Gasteiger partial charge in [0.1, 0.15) is 0 Å². The highest BCUT2D eigenvalue weighted by atomic mass is 32.1. The lowest BCUT2D eigenvalue weighted by Crippen LogP contribution is -2.28. The van der Waals surface area contributed by atoms with E-state index in [-0.39, 0.29) is 11.2 Å². The third-order valence-corrected chi connectivity index (χ3v) is 1.69. The average molecular weight is 161 g/mol. The van der Waals surface area contributed by atoms with Crippen molar-refractivity contribution >= 4 is 18.5 Å². The van der Waals surface area contributed by atoms with Crippen molar-refractivity contribution in [3.8, 4) is 0 Å². The first-order valence-electron chi connectivity index (χ1n) is 3.47. The van der Waals surface area contributed by atoms with Gasteiger partial charge in [-0.05, 0) is 12.3 Å². The van der Waals surface area contributed by atoms with Crippen LogP contribution in [0.4, 0.5) is 0 Å². The van der Waals surface area contributed by atoms with Gasteiger partial charge in [0.2, 0.25) is 5.91 Å². The minimum absolute atomic E-state index is 0.0111. The molecule has 0 bridgehead atoms. The van der Waals surface area contributed by atoms with Crippen molar-refractivity contribution in [1.29, 1.82) is 0 Å². The zero-order chi connectivity index (χ0) is 8.15. The lowest BCUT2D eigenvalue weighted by atomic mass is 10.1. The van der Waals surface area contributed by atoms with E-state index < -0.39 is 0 Å². The summed E-state index contributed by atoms with van der Waals surface area (Å²) in [6.07, 6.45) is 0.836. The molecular weight excluding hydrogens is 146 g/mol. The molecule has 0 aliphatic heterocycles. The van der Waals surface area contributed by atoms with Crippen LogP contribution in [0.3, 0.4) is 0 Å². The van der Waals surface area contributed by atoms with Crippen LogP contribution in [0.25, 0.3) is 0 Å². The molecule has 10 heavy (non-hydrogen) atoms. The molecule has 0 spiro atoms. The Labute approximate surface area is 67.8 Å². The van der Waals surface area contributed by atoms with E-state index in [1.54, 1.807) is 7.05 Å². The first-order chi connectivity index (χ1) is 4.57. The van der Waals surface area contributed by atoms with Gasteiger partial charge in [-0.15, -0.1) is 0 Å². The number of carbonyl (C=O) groups excluding carboxylic acids is 1. The lowest BCUT2D eigenvalue weighted by molar-refractivity contribution is -0.120. The van der Waals surface area contributed by atoms with Crippen LogP contribution in [0.15, 0.2) is 0 Å². The molecule has 60 valence electrons. The standard InChI is InChI=1S/C7H15NOS/c1-5(2)4-6(10)7(9)8-3/h5-6,10H,4H2,1-3H3,(H,8,9). The van der Waals surface area contributed by atoms with Crippen molar-refractivity contribution in [2.45, 2.75) is 25.5 Å². The van der Waals surface area contributed by atoms with Gasteiger partial charge in [-0.25, -0.2) is 0 Å². The van der Waals surface area contributed by atoms with E-state index in [1.807, 2.05) is 0 Å². The molecule has 0 aromatic heterocycles. The van der Waals surface area contributed by atoms with Crippen molar-refractivity contribution in [1.82, 2.24) is 5.32 Å². The molecule has 1 N–H and O–H groups in total. The zero-order valence-electron chi connectivity index (χ0n) is 6.72. The smallest absolute Gasteiger partial charge is 0.232 e. The Hall–Kier alpha value is -0.180. The molecule has 0 fully saturated rings. The van der Waals surface area contributed by atoms with Gasteiger partial charge >= 0.3 is 0 Å². The molecule has 0 aliphatic rings. The van der Waals surface area contributed by atoms with E-state index in [1.165, 1.54) is 0 Å². The predicted molar refractivity (Wildman–Crippen MR) is 46.3 cm³/mol. The summed E-state index contributed by atoms with van der Waals surface area (Å²) in [5.41, 5.74) is 0. The molecule has 0 aromatic rings. The quantitative estimate of drug-likeness (QED) is 0.596. The maximum Gasteiger partial charge on any atom is 0.232 e. The van der Waals surface area contributed by atoms with Crippen molar-refractivity contribution in [2.24, 2.45) is 5.92 Å². The Morgan fingerprint density at radius 1 is 1.60 bits per heavy atom. The number of hydrogen-bond acceptors (Lipinski definition) is 2. The van der Waals surface area contributed by atoms with Crippen molar-refractivity contribution in [2.75, 3.05) is 7.05 Å². The molecule has 0 aliphatic carbocycles. The first-order valence-corrected chi connectivity index (χ1v) is 3.99. The molecule has 0 radical (unpaired) electrons. The van der Waals surface area contributed by atoms with Gasteiger partial charge in [-0.1, -0.05) is 13.8 Å². The fourth-order valence-electron chi connectivity index (χ4n) is 0.720. The van der Waals surface area contributed by atoms with Crippen LogP contribution >= 0.6 is 12.6 Å². The second-order valence-corrected chi connectivity index (χ2v) is 3.38. The maximum atomic E-state index is 10.9. The van der Waals surface area contributed by atoms with Gasteiger partial charge in [0.25, 0.3) is 0 Å². The number of nitrogens with one attached hydrogen (secondary N) is 1. The normalized spacial score (nSPS) is 13.3. The van der Waals surface area contributed by atoms with Gasteiger partial charge < -0.3 is 5.32 Å². The van der Waals surface area contributed by atoms with E-state index >= 15 is 0 Å². The van der Waals surface area contributed by atoms with Gasteiger partial charge in [-0.3, -0.25) is 4.79 Å². The molecule has 0 saturated heterocycles. The second kappa shape index (κ2) is 4.61. The first kappa shape index (κ1) is 9.82. The van der Waals surface area contributed by atoms with Crippen LogP contribution in [0.1, 0.15) is 20.3 Å². The fourth-order valence-corrected chi connectivity index (χ4v) is 1.27. The van der Waals surface area contributed by atoms with Crippen LogP contribution in [-0.4, -0.2) is 18.2 Å². The van der Waals surface area contributed by atoms with Crippen LogP contribution in [0.2, 0.25) is 0 Å². The second-order valence-electron chi connectivity index (χ2n) is 2.76. The molecule has 3 heteroatoms. The maximum absolute atomic E-state index is 10.9. The minimum Gasteiger partial charge on any atom is -0.358 e. The molecular formula is C7H15NOS. The molecule has 0 aromatic carbocycles. The highest BCUT2D eigenvalue weighted by molar-refractivity contribution is 7.81. The van der Waals surface area contributed by atoms with Crippen LogP contribution in [0.5, 0.6) is 0 Å². The predicted octanol–water partition coefficient (Wildman–Crippen LogP) is 1.08. The number of carbonyl (C=O) groups is 1. The summed E-state index contributed by atoms with van der Waals surface area (Å²) in [6.45, 7) is 4.15. The van der Waals surface area contributed by atoms with E-state index in [0.29, 0.717) is 5.92 Å². The third kappa shape index (κ3) is 3.77. The summed E-state index contributed by atoms with van der Waals surface area (Å²) in [6, 6.07) is 0. The molecule has 0 heterocycles. The Balaban J connectivity index is 3.61. The molecule has 2 nitrogen and oxygen atoms in total. The van der Waals surface area contributed by atoms with Gasteiger partial charge in [0.05, 0.1) is 5.25 Å². The fraction of sp³-hybridized carbons (Fsp3) is 0.857. The summed E-state index contributed by atoms with van der Waals surface area (Å²) in [5.74, 6) is 0.539. The van der Waals surface area contributed by atoms with Crippen molar-refractivity contribution < 1.29 is 4.79 Å². The number of amides is 1. The summed E-state index contributed by atoms with van der Waals surface area (Å²) >= 11 is 4.13. The number of thiol groups is 1. The number of hydrogen-bond donors (Lipinski definition) is 2. The molecule has 0 rings (SSSR count). The van der Waals surface area contributed by atoms with E-state index in [0.717, 1.165) is 6.42 Å². The van der Waals surface area contributed by atoms with Gasteiger partial charge in [-0.2, -0.15) is 12.6 Å². The summed E-state index contributed by atoms with van der Waals surface area (Å²) < 4.78 is 0. The minimum atomic E-state index is -0.148. The van der Waals surface area contributed by atoms with Crippen LogP contribution in [0, 0.1) is 5.92 Å². The van der Waals surface area contributed by atoms with Crippen molar-refractivity contribution in [3.63, 3.8) is 0 Å². The van der Waals surface area contributed by atoms with Gasteiger partial charge in [0.15, 0.2) is 0 Å². The number of rotatable bonds is 3. The topological polar surface area (TPSA) is 29.1 Å². The third-order valence-electron chi connectivity index (χ3n) is 1.24. The molecule has 1 unspecified atom stereocenters. The molecule has 0 saturated carbocycles. The van der Waals surface area contributed by atoms with E-state index in [4.69, 9.17) is 0 Å². The van der Waals surface area contributed by atoms with E-state index in [9.17, 15) is 4.79 Å². The highest BCUT2D eigenvalue weighted by Crippen LogP contribution is 2.09. The van der Waals surface area contributed by atoms with Crippen molar-refractivity contribution in [3.05, 3.63) is 0 Å². The zero-order valence-corrected chi connectivity index (χ0v) is 7.61. The van der Waals surface area contributed by atoms with E-state index in [2.05, 4.69) is 31.8 Å². The SMILES string of the molecule is CNC(=O)C(S)CC(C)C. The average Bonchev–Trinajstić information content (AvgIpc) is 1.85. The summed E-state index contributed by atoms with van der Waals surface area (Å²) in [7, 11) is 1.63. The Morgan fingerprint density at radius 3 is 2.40 bits per heavy atom. The summed E-state index contributed by atoms with van der Waals surface area (Å²) in [4.78, 5) is 10.9. The van der Waals surface area contributed by atoms with Crippen LogP contribution in [-0.2, 0) is 4.79 Å². The lowest BCUT2D eigenvalue weighted by Gasteiger charge is -2.10. The largest absolute Gasteiger partial charge is 0.358 e. The monoisotopic (exact) mass is 161 g/mol. The Kier molecular flexibility index (Phi) is 4.52. The molecule has 1 amide bonds. The molecule has 1 atom stereocenters. The highest BCUT2D eigenvalue weighted by Gasteiger charge is 2.12. The summed E-state index contributed by atoms with van der Waals surface area (Å²) in [5, 5.41) is 2.41. The Bertz CT molecular complexity index is 114. The Morgan fingerprint density at radius 2 is 2.10 bits per heavy atom.